The molecule has 4 rings (SSSR count). The second kappa shape index (κ2) is 10.4. The number of hydrogen-bond acceptors (Lipinski definition) is 5. The number of hydrogen-bond donors (Lipinski definition) is 2. The van der Waals surface area contributed by atoms with Gasteiger partial charge in [-0.05, 0) is 37.5 Å². The third-order valence-electron chi connectivity index (χ3n) is 5.88. The monoisotopic (exact) mass is 447 g/mol. The van der Waals surface area contributed by atoms with Gasteiger partial charge in [-0.3, -0.25) is 19.3 Å². The Balaban J connectivity index is 1.49. The molecule has 0 radical (unpaired) electrons. The lowest BCUT2D eigenvalue weighted by molar-refractivity contribution is -0.122. The van der Waals surface area contributed by atoms with Crippen molar-refractivity contribution in [3.05, 3.63) is 70.6 Å². The first kappa shape index (κ1) is 22.7. The maximum Gasteiger partial charge on any atom is 0.279 e. The van der Waals surface area contributed by atoms with Crippen molar-refractivity contribution in [3.8, 4) is 5.69 Å². The first-order valence-corrected chi connectivity index (χ1v) is 11.4. The smallest absolute Gasteiger partial charge is 0.279 e. The molecule has 3 aromatic rings. The highest BCUT2D eigenvalue weighted by atomic mass is 16.2. The average molecular weight is 448 g/mol. The van der Waals surface area contributed by atoms with Gasteiger partial charge in [-0.25, -0.2) is 0 Å². The number of aromatic nitrogens is 2. The fraction of sp³-hybridized carbons (Fsp3) is 0.360. The molecule has 2 aromatic carbocycles. The molecular weight excluding hydrogens is 418 g/mol. The summed E-state index contributed by atoms with van der Waals surface area (Å²) < 4.78 is 1.29. The topological polar surface area (TPSA) is 96.3 Å². The zero-order valence-corrected chi connectivity index (χ0v) is 18.8. The van der Waals surface area contributed by atoms with Crippen molar-refractivity contribution in [2.24, 2.45) is 0 Å². The minimum absolute atomic E-state index is 0.00915. The first-order chi connectivity index (χ1) is 16.1. The molecule has 8 heteroatoms. The molecule has 0 saturated carbocycles. The number of carbonyl (C=O) groups excluding carboxylic acids is 2. The SMILES string of the molecule is CCCNC(=O)CN1CCC(NC(=O)c2nn(-c3ccccc3)c(=O)c3ccccc23)CC1. The molecule has 2 amide bonds. The van der Waals surface area contributed by atoms with Crippen LogP contribution >= 0.6 is 0 Å². The number of rotatable bonds is 7. The maximum absolute atomic E-state index is 13.2. The van der Waals surface area contributed by atoms with Crippen molar-refractivity contribution in [2.75, 3.05) is 26.2 Å². The molecule has 0 spiro atoms. The largest absolute Gasteiger partial charge is 0.355 e. The van der Waals surface area contributed by atoms with Crippen molar-refractivity contribution >= 4 is 22.6 Å². The summed E-state index contributed by atoms with van der Waals surface area (Å²) >= 11 is 0. The van der Waals surface area contributed by atoms with Crippen LogP contribution in [0.25, 0.3) is 16.5 Å². The number of para-hydroxylation sites is 1. The van der Waals surface area contributed by atoms with Gasteiger partial charge < -0.3 is 10.6 Å². The van der Waals surface area contributed by atoms with Crippen LogP contribution in [0.2, 0.25) is 0 Å². The zero-order valence-electron chi connectivity index (χ0n) is 18.8. The predicted octanol–water partition coefficient (Wildman–Crippen LogP) is 2.11. The van der Waals surface area contributed by atoms with Gasteiger partial charge in [0.1, 0.15) is 0 Å². The van der Waals surface area contributed by atoms with Crippen LogP contribution in [0.1, 0.15) is 36.7 Å². The summed E-state index contributed by atoms with van der Waals surface area (Å²) in [7, 11) is 0. The van der Waals surface area contributed by atoms with Gasteiger partial charge in [-0.2, -0.15) is 9.78 Å². The number of likely N-dealkylation sites (tertiary alicyclic amines) is 1. The molecule has 0 aliphatic carbocycles. The average Bonchev–Trinajstić information content (AvgIpc) is 2.85. The van der Waals surface area contributed by atoms with Gasteiger partial charge in [-0.1, -0.05) is 43.3 Å². The Morgan fingerprint density at radius 2 is 1.67 bits per heavy atom. The Labute approximate surface area is 192 Å². The fourth-order valence-corrected chi connectivity index (χ4v) is 4.11. The number of nitrogens with one attached hydrogen (secondary N) is 2. The molecule has 1 aliphatic rings. The Morgan fingerprint density at radius 3 is 2.36 bits per heavy atom. The molecule has 1 saturated heterocycles. The lowest BCUT2D eigenvalue weighted by atomic mass is 10.0. The van der Waals surface area contributed by atoms with Crippen molar-refractivity contribution in [1.29, 1.82) is 0 Å². The van der Waals surface area contributed by atoms with Gasteiger partial charge in [0, 0.05) is 31.1 Å². The van der Waals surface area contributed by atoms with E-state index in [2.05, 4.69) is 20.6 Å². The van der Waals surface area contributed by atoms with Crippen LogP contribution in [0.5, 0.6) is 0 Å². The van der Waals surface area contributed by atoms with Gasteiger partial charge in [-0.15, -0.1) is 0 Å². The van der Waals surface area contributed by atoms with Gasteiger partial charge in [0.2, 0.25) is 5.91 Å². The normalized spacial score (nSPS) is 14.8. The Kier molecular flexibility index (Phi) is 7.14. The summed E-state index contributed by atoms with van der Waals surface area (Å²) in [6, 6.07) is 16.1. The van der Waals surface area contributed by atoms with E-state index in [-0.39, 0.29) is 29.1 Å². The van der Waals surface area contributed by atoms with E-state index in [0.717, 1.165) is 32.4 Å². The Hall–Kier alpha value is -3.52. The van der Waals surface area contributed by atoms with Crippen LogP contribution in [-0.4, -0.2) is 58.7 Å². The summed E-state index contributed by atoms with van der Waals surface area (Å²) in [5, 5.41) is 11.4. The number of fused-ring (bicyclic) bond motifs is 1. The lowest BCUT2D eigenvalue weighted by Crippen LogP contribution is -2.47. The molecule has 1 fully saturated rings. The third-order valence-corrected chi connectivity index (χ3v) is 5.88. The molecule has 2 N–H and O–H groups in total. The van der Waals surface area contributed by atoms with Gasteiger partial charge in [0.05, 0.1) is 17.6 Å². The van der Waals surface area contributed by atoms with Crippen LogP contribution in [0.15, 0.2) is 59.4 Å². The number of nitrogens with zero attached hydrogens (tertiary/aromatic N) is 3. The Morgan fingerprint density at radius 1 is 1.00 bits per heavy atom. The molecule has 172 valence electrons. The van der Waals surface area contributed by atoms with Gasteiger partial charge in [0.15, 0.2) is 5.69 Å². The van der Waals surface area contributed by atoms with Gasteiger partial charge in [0.25, 0.3) is 11.5 Å². The number of amides is 2. The van der Waals surface area contributed by atoms with Crippen molar-refractivity contribution in [3.63, 3.8) is 0 Å². The number of benzene rings is 2. The molecule has 8 nitrogen and oxygen atoms in total. The van der Waals surface area contributed by atoms with E-state index in [9.17, 15) is 14.4 Å². The molecule has 0 bridgehead atoms. The molecular formula is C25H29N5O3. The van der Waals surface area contributed by atoms with E-state index in [0.29, 0.717) is 29.5 Å². The van der Waals surface area contributed by atoms with E-state index in [4.69, 9.17) is 0 Å². The maximum atomic E-state index is 13.2. The summed E-state index contributed by atoms with van der Waals surface area (Å²) in [5.41, 5.74) is 0.579. The second-order valence-electron chi connectivity index (χ2n) is 8.32. The fourth-order valence-electron chi connectivity index (χ4n) is 4.11. The molecule has 2 heterocycles. The first-order valence-electron chi connectivity index (χ1n) is 11.4. The van der Waals surface area contributed by atoms with E-state index < -0.39 is 0 Å². The molecule has 1 aromatic heterocycles. The van der Waals surface area contributed by atoms with Crippen LogP contribution in [0.3, 0.4) is 0 Å². The quantitative estimate of drug-likeness (QED) is 0.578. The number of carbonyl (C=O) groups is 2. The standard InChI is InChI=1S/C25H29N5O3/c1-2-14-26-22(31)17-29-15-12-18(13-16-29)27-24(32)23-20-10-6-7-11-21(20)25(33)30(28-23)19-8-4-3-5-9-19/h3-11,18H,2,12-17H2,1H3,(H,26,31)(H,27,32). The van der Waals surface area contributed by atoms with Crippen molar-refractivity contribution < 1.29 is 9.59 Å². The summed E-state index contributed by atoms with van der Waals surface area (Å²) in [6.07, 6.45) is 2.42. The van der Waals surface area contributed by atoms with Crippen LogP contribution in [-0.2, 0) is 4.79 Å². The molecule has 1 aliphatic heterocycles. The zero-order chi connectivity index (χ0) is 23.2. The van der Waals surface area contributed by atoms with Crippen LogP contribution in [0, 0.1) is 0 Å². The van der Waals surface area contributed by atoms with E-state index >= 15 is 0 Å². The van der Waals surface area contributed by atoms with Crippen LogP contribution < -0.4 is 16.2 Å². The van der Waals surface area contributed by atoms with Crippen molar-refractivity contribution in [2.45, 2.75) is 32.2 Å². The summed E-state index contributed by atoms with van der Waals surface area (Å²) in [4.78, 5) is 40.3. The minimum atomic E-state index is -0.296. The second-order valence-corrected chi connectivity index (χ2v) is 8.32. The Bertz CT molecular complexity index is 1180. The summed E-state index contributed by atoms with van der Waals surface area (Å²) in [6.45, 7) is 4.58. The third kappa shape index (κ3) is 5.28. The van der Waals surface area contributed by atoms with Gasteiger partial charge >= 0.3 is 0 Å². The molecule has 0 atom stereocenters. The molecule has 0 unspecified atom stereocenters. The van der Waals surface area contributed by atoms with E-state index in [1.807, 2.05) is 25.1 Å². The summed E-state index contributed by atoms with van der Waals surface area (Å²) in [5.74, 6) is -0.256. The van der Waals surface area contributed by atoms with E-state index in [1.165, 1.54) is 4.68 Å². The minimum Gasteiger partial charge on any atom is -0.355 e. The van der Waals surface area contributed by atoms with Crippen LogP contribution in [0.4, 0.5) is 0 Å². The number of piperidine rings is 1. The lowest BCUT2D eigenvalue weighted by Gasteiger charge is -2.31. The highest BCUT2D eigenvalue weighted by molar-refractivity contribution is 6.05. The van der Waals surface area contributed by atoms with Crippen molar-refractivity contribution in [1.82, 2.24) is 25.3 Å². The molecule has 33 heavy (non-hydrogen) atoms. The highest BCUT2D eigenvalue weighted by Gasteiger charge is 2.24. The van der Waals surface area contributed by atoms with E-state index in [1.54, 1.807) is 36.4 Å². The predicted molar refractivity (Wildman–Crippen MR) is 128 cm³/mol. The highest BCUT2D eigenvalue weighted by Crippen LogP contribution is 2.17.